The molecule has 0 aromatic carbocycles. The Labute approximate surface area is 193 Å². The first kappa shape index (κ1) is 23.4. The molecule has 0 saturated heterocycles. The molecule has 0 unspecified atom stereocenters. The van der Waals surface area contributed by atoms with E-state index in [9.17, 15) is 9.59 Å². The first-order valence-corrected chi connectivity index (χ1v) is 14.2. The van der Waals surface area contributed by atoms with Gasteiger partial charge in [0.05, 0.1) is 11.8 Å². The zero-order valence-electron chi connectivity index (χ0n) is 19.2. The Bertz CT molecular complexity index is 516. The predicted molar refractivity (Wildman–Crippen MR) is 125 cm³/mol. The summed E-state index contributed by atoms with van der Waals surface area (Å²) < 4.78 is 11.6. The second-order valence-electron chi connectivity index (χ2n) is 10.5. The Morgan fingerprint density at radius 1 is 0.484 bits per heavy atom. The molecule has 4 saturated carbocycles. The van der Waals surface area contributed by atoms with Crippen molar-refractivity contribution < 1.29 is 19.1 Å². The van der Waals surface area contributed by atoms with Crippen LogP contribution in [0.15, 0.2) is 0 Å². The van der Waals surface area contributed by atoms with E-state index in [0.29, 0.717) is 10.5 Å². The average molecular weight is 451 g/mol. The topological polar surface area (TPSA) is 52.6 Å². The van der Waals surface area contributed by atoms with Crippen molar-refractivity contribution in [3.8, 4) is 0 Å². The highest BCUT2D eigenvalue weighted by Crippen LogP contribution is 2.40. The quantitative estimate of drug-likeness (QED) is 0.427. The van der Waals surface area contributed by atoms with E-state index in [1.54, 1.807) is 0 Å². The van der Waals surface area contributed by atoms with E-state index in [1.807, 2.05) is 0 Å². The van der Waals surface area contributed by atoms with E-state index in [0.717, 1.165) is 77.0 Å². The summed E-state index contributed by atoms with van der Waals surface area (Å²) in [5.41, 5.74) is 0. The van der Waals surface area contributed by atoms with Crippen LogP contribution < -0.4 is 0 Å². The van der Waals surface area contributed by atoms with Crippen LogP contribution in [-0.2, 0) is 19.1 Å². The molecule has 0 bridgehead atoms. The zero-order chi connectivity index (χ0) is 21.5. The molecule has 0 heterocycles. The molecule has 4 fully saturated rings. The molecule has 0 aliphatic heterocycles. The molecule has 5 heteroatoms. The molecule has 31 heavy (non-hydrogen) atoms. The lowest BCUT2D eigenvalue weighted by molar-refractivity contribution is -0.157. The van der Waals surface area contributed by atoms with Crippen molar-refractivity contribution in [1.29, 1.82) is 0 Å². The van der Waals surface area contributed by atoms with E-state index in [2.05, 4.69) is 11.8 Å². The van der Waals surface area contributed by atoms with E-state index < -0.39 is 0 Å². The van der Waals surface area contributed by atoms with Crippen molar-refractivity contribution in [2.24, 2.45) is 11.8 Å². The summed E-state index contributed by atoms with van der Waals surface area (Å²) in [7, 11) is 0. The molecule has 176 valence electrons. The van der Waals surface area contributed by atoms with E-state index in [4.69, 9.17) is 9.47 Å². The minimum Gasteiger partial charge on any atom is -0.462 e. The predicted octanol–water partition coefficient (Wildman–Crippen LogP) is 6.59. The first-order chi connectivity index (χ1) is 15.2. The van der Waals surface area contributed by atoms with Gasteiger partial charge in [-0.2, -0.15) is 11.8 Å². The average Bonchev–Trinajstić information content (AvgIpc) is 2.81. The molecule has 4 aliphatic rings. The Morgan fingerprint density at radius 2 is 0.839 bits per heavy atom. The third-order valence-corrected chi connectivity index (χ3v) is 9.78. The molecule has 4 nitrogen and oxygen atoms in total. The van der Waals surface area contributed by atoms with Crippen LogP contribution in [0, 0.1) is 11.8 Å². The number of esters is 2. The highest BCUT2D eigenvalue weighted by atomic mass is 32.2. The lowest BCUT2D eigenvalue weighted by Gasteiger charge is -2.33. The fraction of sp³-hybridized carbons (Fsp3) is 0.923. The summed E-state index contributed by atoms with van der Waals surface area (Å²) in [6.07, 6.45) is 20.6. The maximum absolute atomic E-state index is 12.5. The maximum Gasteiger partial charge on any atom is 0.309 e. The summed E-state index contributed by atoms with van der Waals surface area (Å²) >= 11 is 2.14. The van der Waals surface area contributed by atoms with Crippen molar-refractivity contribution in [3.63, 3.8) is 0 Å². The minimum absolute atomic E-state index is 0.0762. The molecule has 0 N–H and O–H groups in total. The Hall–Kier alpha value is -0.710. The maximum atomic E-state index is 12.5. The number of ether oxygens (including phenoxy) is 2. The molecule has 0 aromatic rings. The van der Waals surface area contributed by atoms with E-state index in [-0.39, 0.29) is 36.0 Å². The van der Waals surface area contributed by atoms with Gasteiger partial charge in [0.25, 0.3) is 0 Å². The molecule has 0 atom stereocenters. The van der Waals surface area contributed by atoms with E-state index >= 15 is 0 Å². The number of hydrogen-bond acceptors (Lipinski definition) is 5. The van der Waals surface area contributed by atoms with Gasteiger partial charge in [0.1, 0.15) is 12.2 Å². The van der Waals surface area contributed by atoms with Gasteiger partial charge < -0.3 is 9.47 Å². The summed E-state index contributed by atoms with van der Waals surface area (Å²) in [5.74, 6) is 0.410. The smallest absolute Gasteiger partial charge is 0.309 e. The molecule has 0 spiro atoms. The monoisotopic (exact) mass is 450 g/mol. The van der Waals surface area contributed by atoms with Gasteiger partial charge in [-0.05, 0) is 103 Å². The Kier molecular flexibility index (Phi) is 9.04. The number of carbonyl (C=O) groups is 2. The Morgan fingerprint density at radius 3 is 1.19 bits per heavy atom. The van der Waals surface area contributed by atoms with Crippen molar-refractivity contribution in [1.82, 2.24) is 0 Å². The Balaban J connectivity index is 1.11. The first-order valence-electron chi connectivity index (χ1n) is 13.2. The molecule has 0 aromatic heterocycles. The number of rotatable bonds is 6. The van der Waals surface area contributed by atoms with Crippen LogP contribution in [0.5, 0.6) is 0 Å². The summed E-state index contributed by atoms with van der Waals surface area (Å²) in [6, 6.07) is 0. The number of carbonyl (C=O) groups excluding carboxylic acids is 2. The molecule has 0 radical (unpaired) electrons. The normalized spacial score (nSPS) is 33.5. The van der Waals surface area contributed by atoms with Gasteiger partial charge in [-0.15, -0.1) is 0 Å². The summed E-state index contributed by atoms with van der Waals surface area (Å²) in [4.78, 5) is 25.1. The molecule has 4 rings (SSSR count). The van der Waals surface area contributed by atoms with Crippen LogP contribution in [0.2, 0.25) is 0 Å². The van der Waals surface area contributed by atoms with Gasteiger partial charge in [0.15, 0.2) is 0 Å². The number of thioether (sulfide) groups is 1. The van der Waals surface area contributed by atoms with Gasteiger partial charge in [-0.1, -0.05) is 12.8 Å². The van der Waals surface area contributed by atoms with Gasteiger partial charge in [-0.3, -0.25) is 9.59 Å². The van der Waals surface area contributed by atoms with Gasteiger partial charge in [0.2, 0.25) is 0 Å². The van der Waals surface area contributed by atoms with Crippen LogP contribution in [0.1, 0.15) is 116 Å². The third-order valence-electron chi connectivity index (χ3n) is 8.07. The summed E-state index contributed by atoms with van der Waals surface area (Å²) in [5, 5.41) is 1.35. The van der Waals surface area contributed by atoms with Crippen LogP contribution >= 0.6 is 11.8 Å². The van der Waals surface area contributed by atoms with Gasteiger partial charge >= 0.3 is 11.9 Å². The van der Waals surface area contributed by atoms with Crippen molar-refractivity contribution in [3.05, 3.63) is 0 Å². The third kappa shape index (κ3) is 7.14. The van der Waals surface area contributed by atoms with Crippen molar-refractivity contribution >= 4 is 23.7 Å². The number of hydrogen-bond donors (Lipinski definition) is 0. The van der Waals surface area contributed by atoms with Crippen molar-refractivity contribution in [2.45, 2.75) is 138 Å². The van der Waals surface area contributed by atoms with E-state index in [1.165, 1.54) is 38.5 Å². The largest absolute Gasteiger partial charge is 0.462 e. The SMILES string of the molecule is O=C(OC1CCCCC1)C1CCC(SC2CCC(C(=O)OC3CCCCC3)CC2)CC1. The highest BCUT2D eigenvalue weighted by molar-refractivity contribution is 8.00. The second kappa shape index (κ2) is 12.0. The van der Waals surface area contributed by atoms with Gasteiger partial charge in [-0.25, -0.2) is 0 Å². The standard InChI is InChI=1S/C26H42O4S/c27-25(29-21-7-3-1-4-8-21)19-11-15-23(16-12-19)31-24-17-13-20(14-18-24)26(28)30-22-9-5-2-6-10-22/h19-24H,1-18H2. The highest BCUT2D eigenvalue weighted by Gasteiger charge is 2.33. The fourth-order valence-electron chi connectivity index (χ4n) is 6.03. The second-order valence-corrected chi connectivity index (χ2v) is 12.1. The van der Waals surface area contributed by atoms with Crippen LogP contribution in [0.3, 0.4) is 0 Å². The lowest BCUT2D eigenvalue weighted by atomic mass is 9.88. The minimum atomic E-state index is 0.0762. The molecule has 0 amide bonds. The zero-order valence-corrected chi connectivity index (χ0v) is 20.0. The fourth-order valence-corrected chi connectivity index (χ4v) is 7.66. The van der Waals surface area contributed by atoms with Crippen LogP contribution in [0.4, 0.5) is 0 Å². The summed E-state index contributed by atoms with van der Waals surface area (Å²) in [6.45, 7) is 0. The van der Waals surface area contributed by atoms with Gasteiger partial charge in [0, 0.05) is 10.5 Å². The molecular weight excluding hydrogens is 408 g/mol. The molecule has 4 aliphatic carbocycles. The van der Waals surface area contributed by atoms with Crippen molar-refractivity contribution in [2.75, 3.05) is 0 Å². The van der Waals surface area contributed by atoms with Crippen LogP contribution in [-0.4, -0.2) is 34.6 Å². The molecular formula is C26H42O4S. The lowest BCUT2D eigenvalue weighted by Crippen LogP contribution is -2.31. The van der Waals surface area contributed by atoms with Crippen LogP contribution in [0.25, 0.3) is 0 Å².